The van der Waals surface area contributed by atoms with E-state index in [2.05, 4.69) is 9.71 Å². The van der Waals surface area contributed by atoms with Gasteiger partial charge in [0.2, 0.25) is 10.0 Å². The fourth-order valence-electron chi connectivity index (χ4n) is 2.26. The van der Waals surface area contributed by atoms with Gasteiger partial charge in [0.05, 0.1) is 5.75 Å². The van der Waals surface area contributed by atoms with Crippen LogP contribution in [0.5, 0.6) is 0 Å². The summed E-state index contributed by atoms with van der Waals surface area (Å²) in [6.07, 6.45) is 3.43. The number of benzene rings is 1. The average molecular weight is 379 g/mol. The molecule has 0 bridgehead atoms. The average Bonchev–Trinajstić information content (AvgIpc) is 3.07. The van der Waals surface area contributed by atoms with E-state index in [9.17, 15) is 8.42 Å². The van der Waals surface area contributed by atoms with Crippen molar-refractivity contribution in [2.75, 3.05) is 0 Å². The van der Waals surface area contributed by atoms with Crippen LogP contribution in [-0.2, 0) is 22.3 Å². The molecule has 4 nitrogen and oxygen atoms in total. The van der Waals surface area contributed by atoms with Crippen LogP contribution < -0.4 is 4.72 Å². The first kappa shape index (κ1) is 17.1. The highest BCUT2D eigenvalue weighted by atomic mass is 35.5. The summed E-state index contributed by atoms with van der Waals surface area (Å²) in [5.41, 5.74) is 3.52. The molecule has 0 fully saturated rings. The molecule has 0 aliphatic carbocycles. The zero-order chi connectivity index (χ0) is 17.0. The summed E-state index contributed by atoms with van der Waals surface area (Å²) in [7, 11) is -3.45. The highest BCUT2D eigenvalue weighted by Gasteiger charge is 2.12. The monoisotopic (exact) mass is 378 g/mol. The summed E-state index contributed by atoms with van der Waals surface area (Å²) in [5.74, 6) is -0.106. The summed E-state index contributed by atoms with van der Waals surface area (Å²) < 4.78 is 27.1. The van der Waals surface area contributed by atoms with Crippen molar-refractivity contribution in [1.29, 1.82) is 0 Å². The van der Waals surface area contributed by atoms with E-state index < -0.39 is 10.0 Å². The fourth-order valence-corrected chi connectivity index (χ4v) is 4.25. The normalized spacial score (nSPS) is 11.5. The SMILES string of the molecule is O=S(=O)(Cc1cccc(Cl)c1)NCc1cncc(-c2ccsc2)c1. The Kier molecular flexibility index (Phi) is 5.30. The van der Waals surface area contributed by atoms with Gasteiger partial charge in [-0.1, -0.05) is 23.7 Å². The van der Waals surface area contributed by atoms with Crippen molar-refractivity contribution < 1.29 is 8.42 Å². The van der Waals surface area contributed by atoms with Crippen LogP contribution in [0.2, 0.25) is 5.02 Å². The molecule has 0 saturated heterocycles. The van der Waals surface area contributed by atoms with Gasteiger partial charge in [-0.25, -0.2) is 13.1 Å². The largest absolute Gasteiger partial charge is 0.264 e. The lowest BCUT2D eigenvalue weighted by molar-refractivity contribution is 0.580. The number of hydrogen-bond donors (Lipinski definition) is 1. The quantitative estimate of drug-likeness (QED) is 0.703. The van der Waals surface area contributed by atoms with Crippen LogP contribution in [0.3, 0.4) is 0 Å². The lowest BCUT2D eigenvalue weighted by atomic mass is 10.1. The van der Waals surface area contributed by atoms with Gasteiger partial charge < -0.3 is 0 Å². The van der Waals surface area contributed by atoms with Crippen molar-refractivity contribution in [1.82, 2.24) is 9.71 Å². The highest BCUT2D eigenvalue weighted by Crippen LogP contribution is 2.22. The summed E-state index contributed by atoms with van der Waals surface area (Å²) >= 11 is 7.50. The van der Waals surface area contributed by atoms with Gasteiger partial charge in [0, 0.05) is 29.5 Å². The highest BCUT2D eigenvalue weighted by molar-refractivity contribution is 7.88. The third kappa shape index (κ3) is 4.64. The van der Waals surface area contributed by atoms with Gasteiger partial charge in [-0.2, -0.15) is 11.3 Å². The van der Waals surface area contributed by atoms with E-state index in [1.54, 1.807) is 48.0 Å². The molecule has 2 aromatic heterocycles. The molecule has 0 atom stereocenters. The van der Waals surface area contributed by atoms with E-state index in [1.807, 2.05) is 22.9 Å². The number of nitrogens with one attached hydrogen (secondary N) is 1. The second-order valence-corrected chi connectivity index (χ2v) is 8.33. The van der Waals surface area contributed by atoms with Crippen LogP contribution in [0.4, 0.5) is 0 Å². The van der Waals surface area contributed by atoms with Crippen molar-refractivity contribution in [3.63, 3.8) is 0 Å². The molecule has 7 heteroatoms. The third-order valence-electron chi connectivity index (χ3n) is 3.39. The van der Waals surface area contributed by atoms with Crippen molar-refractivity contribution in [3.8, 4) is 11.1 Å². The first-order chi connectivity index (χ1) is 11.5. The van der Waals surface area contributed by atoms with Gasteiger partial charge in [-0.3, -0.25) is 4.98 Å². The molecule has 1 aromatic carbocycles. The lowest BCUT2D eigenvalue weighted by Gasteiger charge is -2.08. The molecule has 0 aliphatic heterocycles. The molecule has 1 N–H and O–H groups in total. The minimum atomic E-state index is -3.45. The van der Waals surface area contributed by atoms with Crippen LogP contribution in [0.15, 0.2) is 59.6 Å². The molecule has 0 unspecified atom stereocenters. The van der Waals surface area contributed by atoms with Crippen LogP contribution in [0.25, 0.3) is 11.1 Å². The van der Waals surface area contributed by atoms with Crippen LogP contribution >= 0.6 is 22.9 Å². The maximum Gasteiger partial charge on any atom is 0.216 e. The van der Waals surface area contributed by atoms with Crippen molar-refractivity contribution in [3.05, 3.63) is 75.7 Å². The minimum absolute atomic E-state index is 0.106. The second kappa shape index (κ2) is 7.44. The van der Waals surface area contributed by atoms with Gasteiger partial charge in [0.25, 0.3) is 0 Å². The zero-order valence-electron chi connectivity index (χ0n) is 12.6. The number of pyridine rings is 1. The summed E-state index contributed by atoms with van der Waals surface area (Å²) in [4.78, 5) is 4.19. The summed E-state index contributed by atoms with van der Waals surface area (Å²) in [5, 5.41) is 4.55. The smallest absolute Gasteiger partial charge is 0.216 e. The molecule has 3 rings (SSSR count). The Morgan fingerprint density at radius 3 is 2.71 bits per heavy atom. The van der Waals surface area contributed by atoms with E-state index in [1.165, 1.54) is 0 Å². The Bertz CT molecular complexity index is 925. The van der Waals surface area contributed by atoms with E-state index in [-0.39, 0.29) is 12.3 Å². The number of thiophene rings is 1. The van der Waals surface area contributed by atoms with Gasteiger partial charge in [-0.15, -0.1) is 0 Å². The molecule has 0 spiro atoms. The van der Waals surface area contributed by atoms with E-state index in [4.69, 9.17) is 11.6 Å². The van der Waals surface area contributed by atoms with Crippen LogP contribution in [0.1, 0.15) is 11.1 Å². The molecule has 0 aliphatic rings. The fraction of sp³-hybridized carbons (Fsp3) is 0.118. The molecule has 24 heavy (non-hydrogen) atoms. The van der Waals surface area contributed by atoms with Crippen molar-refractivity contribution in [2.45, 2.75) is 12.3 Å². The predicted molar refractivity (Wildman–Crippen MR) is 98.5 cm³/mol. The predicted octanol–water partition coefficient (Wildman–Crippen LogP) is 4.08. The number of halogens is 1. The van der Waals surface area contributed by atoms with E-state index in [0.717, 1.165) is 16.7 Å². The van der Waals surface area contributed by atoms with Gasteiger partial charge in [0.15, 0.2) is 0 Å². The second-order valence-electron chi connectivity index (χ2n) is 5.30. The van der Waals surface area contributed by atoms with Crippen molar-refractivity contribution >= 4 is 33.0 Å². The van der Waals surface area contributed by atoms with E-state index in [0.29, 0.717) is 10.6 Å². The molecular weight excluding hydrogens is 364 g/mol. The summed E-state index contributed by atoms with van der Waals surface area (Å²) in [6.45, 7) is 0.202. The molecule has 0 amide bonds. The number of sulfonamides is 1. The van der Waals surface area contributed by atoms with Crippen LogP contribution in [-0.4, -0.2) is 13.4 Å². The zero-order valence-corrected chi connectivity index (χ0v) is 15.0. The van der Waals surface area contributed by atoms with Gasteiger partial charge in [0.1, 0.15) is 0 Å². The van der Waals surface area contributed by atoms with Crippen LogP contribution in [0, 0.1) is 0 Å². The number of nitrogens with zero attached hydrogens (tertiary/aromatic N) is 1. The first-order valence-corrected chi connectivity index (χ1v) is 10.2. The molecule has 3 aromatic rings. The lowest BCUT2D eigenvalue weighted by Crippen LogP contribution is -2.24. The Morgan fingerprint density at radius 1 is 1.08 bits per heavy atom. The number of rotatable bonds is 6. The van der Waals surface area contributed by atoms with Crippen molar-refractivity contribution in [2.24, 2.45) is 0 Å². The molecule has 124 valence electrons. The summed E-state index contributed by atoms with van der Waals surface area (Å²) in [6, 6.07) is 10.8. The maximum atomic E-state index is 12.2. The molecule has 0 radical (unpaired) electrons. The standard InChI is InChI=1S/C17H15ClN2O2S2/c18-17-3-1-2-13(7-17)12-24(21,22)20-9-14-6-16(10-19-8-14)15-4-5-23-11-15/h1-8,10-11,20H,9,12H2. The Labute approximate surface area is 150 Å². The van der Waals surface area contributed by atoms with Gasteiger partial charge >= 0.3 is 0 Å². The number of aromatic nitrogens is 1. The topological polar surface area (TPSA) is 59.1 Å². The van der Waals surface area contributed by atoms with E-state index >= 15 is 0 Å². The molecule has 0 saturated carbocycles. The first-order valence-electron chi connectivity index (χ1n) is 7.20. The maximum absolute atomic E-state index is 12.2. The Balaban J connectivity index is 1.67. The molecular formula is C17H15ClN2O2S2. The Hall–Kier alpha value is -1.73. The minimum Gasteiger partial charge on any atom is -0.264 e. The third-order valence-corrected chi connectivity index (χ3v) is 5.61. The molecule has 2 heterocycles. The number of hydrogen-bond acceptors (Lipinski definition) is 4. The van der Waals surface area contributed by atoms with Gasteiger partial charge in [-0.05, 0) is 51.7 Å². The Morgan fingerprint density at radius 2 is 1.96 bits per heavy atom.